The molecule has 1 N–H and O–H groups in total. The highest BCUT2D eigenvalue weighted by Crippen LogP contribution is 2.53. The summed E-state index contributed by atoms with van der Waals surface area (Å²) in [6.45, 7) is 0.302. The van der Waals surface area contributed by atoms with E-state index < -0.39 is 28.3 Å². The van der Waals surface area contributed by atoms with Gasteiger partial charge in [0.1, 0.15) is 6.61 Å². The van der Waals surface area contributed by atoms with Crippen LogP contribution < -0.4 is 14.8 Å². The molecule has 5 rings (SSSR count). The number of fused-ring (bicyclic) bond motifs is 2. The zero-order valence-electron chi connectivity index (χ0n) is 20.4. The van der Waals surface area contributed by atoms with E-state index in [-0.39, 0.29) is 23.8 Å². The molecule has 1 fully saturated rings. The molecule has 3 aromatic rings. The first-order chi connectivity index (χ1) is 18.2. The van der Waals surface area contributed by atoms with Crippen LogP contribution in [0.1, 0.15) is 22.6 Å². The summed E-state index contributed by atoms with van der Waals surface area (Å²) in [4.78, 5) is 37.9. The van der Waals surface area contributed by atoms with Crippen LogP contribution in [0.5, 0.6) is 11.5 Å². The summed E-state index contributed by atoms with van der Waals surface area (Å²) in [5, 5.41) is 26.5. The second kappa shape index (κ2) is 9.69. The third-order valence-corrected chi connectivity index (χ3v) is 7.81. The Morgan fingerprint density at radius 2 is 1.89 bits per heavy atom. The largest absolute Gasteiger partial charge is 0.493 e. The number of carbonyl (C=O) groups excluding carboxylic acids is 1. The third-order valence-electron chi connectivity index (χ3n) is 7.23. The van der Waals surface area contributed by atoms with E-state index in [9.17, 15) is 25.0 Å². The number of rotatable bonds is 7. The molecular weight excluding hydrogens is 560 g/mol. The van der Waals surface area contributed by atoms with E-state index in [1.165, 1.54) is 19.2 Å². The van der Waals surface area contributed by atoms with Crippen LogP contribution in [0.4, 0.5) is 11.4 Å². The molecule has 0 aromatic heterocycles. The maximum atomic E-state index is 13.3. The van der Waals surface area contributed by atoms with Gasteiger partial charge in [0.05, 0.1) is 22.4 Å². The lowest BCUT2D eigenvalue weighted by molar-refractivity contribution is -0.534. The molecule has 12 heteroatoms. The van der Waals surface area contributed by atoms with Crippen molar-refractivity contribution in [2.24, 2.45) is 0 Å². The number of methoxy groups -OCH3 is 1. The number of para-hydroxylation sites is 1. The molecule has 2 aliphatic heterocycles. The van der Waals surface area contributed by atoms with Crippen molar-refractivity contribution in [1.82, 2.24) is 4.90 Å². The van der Waals surface area contributed by atoms with Crippen LogP contribution in [-0.4, -0.2) is 47.4 Å². The molecule has 1 amide bonds. The Balaban J connectivity index is 1.50. The first-order valence-electron chi connectivity index (χ1n) is 11.7. The average molecular weight is 583 g/mol. The van der Waals surface area contributed by atoms with Gasteiger partial charge >= 0.3 is 0 Å². The molecule has 38 heavy (non-hydrogen) atoms. The van der Waals surface area contributed by atoms with Crippen molar-refractivity contribution in [1.29, 1.82) is 0 Å². The second-order valence-corrected chi connectivity index (χ2v) is 10.1. The standard InChI is InChI=1S/C26H23BrN4O7/c1-29-13-18(24(31(35)36)26(29)19-8-3-4-9-21(19)28-25(26)32)16-11-20(27)23(22(12-16)37-2)38-14-15-6-5-7-17(10-15)30(33)34/h3-12,18,24H,13-14H2,1-2H3,(H,28,32)/t18-,24+,26-/m0/s1. The van der Waals surface area contributed by atoms with Gasteiger partial charge in [-0.05, 0) is 52.3 Å². The summed E-state index contributed by atoms with van der Waals surface area (Å²) < 4.78 is 12.0. The molecule has 3 atom stereocenters. The zero-order chi connectivity index (χ0) is 27.2. The van der Waals surface area contributed by atoms with E-state index in [0.29, 0.717) is 38.3 Å². The normalized spacial score (nSPS) is 22.2. The number of likely N-dealkylation sites (tertiary alicyclic amines) is 1. The number of nitrogens with zero attached hydrogens (tertiary/aromatic N) is 3. The van der Waals surface area contributed by atoms with E-state index >= 15 is 0 Å². The minimum Gasteiger partial charge on any atom is -0.493 e. The van der Waals surface area contributed by atoms with Gasteiger partial charge in [-0.25, -0.2) is 0 Å². The van der Waals surface area contributed by atoms with Gasteiger partial charge in [-0.1, -0.05) is 30.3 Å². The predicted octanol–water partition coefficient (Wildman–Crippen LogP) is 4.47. The molecule has 0 saturated carbocycles. The Morgan fingerprint density at radius 1 is 1.13 bits per heavy atom. The summed E-state index contributed by atoms with van der Waals surface area (Å²) in [6.07, 6.45) is 0. The topological polar surface area (TPSA) is 137 Å². The number of ether oxygens (including phenoxy) is 2. The fraction of sp³-hybridized carbons (Fsp3) is 0.269. The van der Waals surface area contributed by atoms with Crippen LogP contribution in [0, 0.1) is 20.2 Å². The van der Waals surface area contributed by atoms with Crippen molar-refractivity contribution >= 4 is 33.2 Å². The minimum atomic E-state index is -1.46. The number of carbonyl (C=O) groups is 1. The summed E-state index contributed by atoms with van der Waals surface area (Å²) in [5.41, 5.74) is 0.854. The van der Waals surface area contributed by atoms with Gasteiger partial charge in [0.25, 0.3) is 17.6 Å². The molecule has 1 spiro atoms. The number of hydrogen-bond donors (Lipinski definition) is 1. The maximum Gasteiger partial charge on any atom is 0.269 e. The van der Waals surface area contributed by atoms with Crippen molar-refractivity contribution in [2.75, 3.05) is 26.0 Å². The van der Waals surface area contributed by atoms with Crippen LogP contribution in [0.25, 0.3) is 0 Å². The highest BCUT2D eigenvalue weighted by atomic mass is 79.9. The number of non-ortho nitro benzene ring substituents is 1. The van der Waals surface area contributed by atoms with Crippen molar-refractivity contribution in [3.63, 3.8) is 0 Å². The molecule has 2 heterocycles. The van der Waals surface area contributed by atoms with Gasteiger partial charge in [-0.15, -0.1) is 0 Å². The molecule has 0 unspecified atom stereocenters. The fourth-order valence-electron chi connectivity index (χ4n) is 5.59. The second-order valence-electron chi connectivity index (χ2n) is 9.23. The summed E-state index contributed by atoms with van der Waals surface area (Å²) in [7, 11) is 3.18. The number of nitrogens with one attached hydrogen (secondary N) is 1. The zero-order valence-corrected chi connectivity index (χ0v) is 22.0. The van der Waals surface area contributed by atoms with Crippen LogP contribution in [0.15, 0.2) is 65.1 Å². The minimum absolute atomic E-state index is 0.0414. The predicted molar refractivity (Wildman–Crippen MR) is 141 cm³/mol. The van der Waals surface area contributed by atoms with Crippen molar-refractivity contribution < 1.29 is 24.1 Å². The molecule has 0 bridgehead atoms. The van der Waals surface area contributed by atoms with Crippen LogP contribution in [0.2, 0.25) is 0 Å². The number of nitro groups is 2. The van der Waals surface area contributed by atoms with Gasteiger partial charge in [0.2, 0.25) is 0 Å². The monoisotopic (exact) mass is 582 g/mol. The summed E-state index contributed by atoms with van der Waals surface area (Å²) in [6, 6.07) is 15.3. The Kier molecular flexibility index (Phi) is 6.53. The van der Waals surface area contributed by atoms with Gasteiger partial charge < -0.3 is 14.8 Å². The molecule has 11 nitrogen and oxygen atoms in total. The van der Waals surface area contributed by atoms with Gasteiger partial charge in [-0.2, -0.15) is 0 Å². The Hall–Kier alpha value is -4.03. The van der Waals surface area contributed by atoms with Gasteiger partial charge in [0, 0.05) is 34.9 Å². The molecule has 0 aliphatic carbocycles. The molecule has 0 radical (unpaired) electrons. The van der Waals surface area contributed by atoms with E-state index in [0.717, 1.165) is 0 Å². The smallest absolute Gasteiger partial charge is 0.269 e. The fourth-order valence-corrected chi connectivity index (χ4v) is 6.16. The number of anilines is 1. The van der Waals surface area contributed by atoms with Crippen molar-refractivity contribution in [3.05, 3.63) is 102 Å². The van der Waals surface area contributed by atoms with E-state index in [4.69, 9.17) is 9.47 Å². The molecule has 3 aromatic carbocycles. The first-order valence-corrected chi connectivity index (χ1v) is 12.5. The van der Waals surface area contributed by atoms with E-state index in [2.05, 4.69) is 21.2 Å². The van der Waals surface area contributed by atoms with Crippen molar-refractivity contribution in [2.45, 2.75) is 24.1 Å². The average Bonchev–Trinajstić information content (AvgIpc) is 3.37. The number of hydrogen-bond acceptors (Lipinski definition) is 8. The number of benzene rings is 3. The quantitative estimate of drug-likeness (QED) is 0.318. The molecular formula is C26H23BrN4O7. The summed E-state index contributed by atoms with van der Waals surface area (Å²) >= 11 is 3.51. The maximum absolute atomic E-state index is 13.3. The van der Waals surface area contributed by atoms with E-state index in [1.807, 2.05) is 0 Å². The van der Waals surface area contributed by atoms with Crippen LogP contribution in [0.3, 0.4) is 0 Å². The highest BCUT2D eigenvalue weighted by Gasteiger charge is 2.68. The Morgan fingerprint density at radius 3 is 2.61 bits per heavy atom. The van der Waals surface area contributed by atoms with Gasteiger partial charge in [-0.3, -0.25) is 29.9 Å². The van der Waals surface area contributed by atoms with Crippen molar-refractivity contribution in [3.8, 4) is 11.5 Å². The number of halogens is 1. The lowest BCUT2D eigenvalue weighted by atomic mass is 9.79. The molecule has 1 saturated heterocycles. The van der Waals surface area contributed by atoms with Crippen LogP contribution >= 0.6 is 15.9 Å². The van der Waals surface area contributed by atoms with E-state index in [1.54, 1.807) is 60.5 Å². The Labute approximate surface area is 225 Å². The first kappa shape index (κ1) is 25.6. The number of amides is 1. The molecule has 2 aliphatic rings. The highest BCUT2D eigenvalue weighted by molar-refractivity contribution is 9.10. The lowest BCUT2D eigenvalue weighted by Crippen LogP contribution is -2.54. The Bertz CT molecular complexity index is 1470. The number of nitro benzene ring substituents is 1. The van der Waals surface area contributed by atoms with Crippen LogP contribution in [-0.2, 0) is 16.9 Å². The number of likely N-dealkylation sites (N-methyl/N-ethyl adjacent to an activating group) is 1. The SMILES string of the molecule is COc1cc([C@@H]2CN(C)[C@]3(C(=O)Nc4ccccc43)[C@@H]2[N+](=O)[O-])cc(Br)c1OCc1cccc([N+](=O)[O-])c1. The molecule has 196 valence electrons. The summed E-state index contributed by atoms with van der Waals surface area (Å²) in [5.74, 6) is -0.372. The van der Waals surface area contributed by atoms with Gasteiger partial charge in [0.15, 0.2) is 17.0 Å². The third kappa shape index (κ3) is 3.96. The lowest BCUT2D eigenvalue weighted by Gasteiger charge is -2.30.